The van der Waals surface area contributed by atoms with Crippen LogP contribution in [0.5, 0.6) is 0 Å². The molecule has 1 aliphatic rings. The van der Waals surface area contributed by atoms with Crippen LogP contribution in [0.25, 0.3) is 0 Å². The summed E-state index contributed by atoms with van der Waals surface area (Å²) in [5, 5.41) is 4.20. The number of halogens is 1. The normalized spacial score (nSPS) is 25.7. The van der Waals surface area contributed by atoms with Gasteiger partial charge in [0.25, 0.3) is 0 Å². The van der Waals surface area contributed by atoms with E-state index in [2.05, 4.69) is 5.10 Å². The molecular weight excluding hydrogens is 290 g/mol. The van der Waals surface area contributed by atoms with Crippen molar-refractivity contribution in [2.24, 2.45) is 7.05 Å². The van der Waals surface area contributed by atoms with Crippen molar-refractivity contribution in [2.75, 3.05) is 13.1 Å². The van der Waals surface area contributed by atoms with Crippen LogP contribution in [0.4, 0.5) is 0 Å². The Bertz CT molecular complexity index is 574. The maximum absolute atomic E-state index is 12.7. The van der Waals surface area contributed by atoms with Crippen LogP contribution >= 0.6 is 11.6 Å². The molecule has 0 aromatic carbocycles. The van der Waals surface area contributed by atoms with Gasteiger partial charge in [0.05, 0.1) is 17.9 Å². The average molecular weight is 308 g/mol. The van der Waals surface area contributed by atoms with Crippen molar-refractivity contribution in [3.63, 3.8) is 0 Å². The van der Waals surface area contributed by atoms with Gasteiger partial charge >= 0.3 is 0 Å². The highest BCUT2D eigenvalue weighted by Crippen LogP contribution is 2.29. The summed E-state index contributed by atoms with van der Waals surface area (Å²) in [6.07, 6.45) is -0.261. The van der Waals surface area contributed by atoms with E-state index in [0.29, 0.717) is 18.8 Å². The molecule has 1 aromatic rings. The molecule has 0 radical (unpaired) electrons. The minimum absolute atomic E-state index is 0.0953. The van der Waals surface area contributed by atoms with E-state index in [1.165, 1.54) is 8.99 Å². The molecule has 2 unspecified atom stereocenters. The first-order chi connectivity index (χ1) is 8.73. The zero-order chi connectivity index (χ0) is 14.4. The number of aromatic nitrogens is 2. The van der Waals surface area contributed by atoms with Gasteiger partial charge in [0.1, 0.15) is 10.0 Å². The first-order valence-corrected chi connectivity index (χ1v) is 7.90. The van der Waals surface area contributed by atoms with Gasteiger partial charge < -0.3 is 4.74 Å². The van der Waals surface area contributed by atoms with E-state index in [-0.39, 0.29) is 22.3 Å². The molecule has 0 amide bonds. The predicted molar refractivity (Wildman–Crippen MR) is 71.7 cm³/mol. The molecule has 0 bridgehead atoms. The lowest BCUT2D eigenvalue weighted by Crippen LogP contribution is -2.48. The van der Waals surface area contributed by atoms with Crippen LogP contribution in [-0.4, -0.2) is 47.8 Å². The topological polar surface area (TPSA) is 64.4 Å². The van der Waals surface area contributed by atoms with Gasteiger partial charge in [-0.25, -0.2) is 8.42 Å². The van der Waals surface area contributed by atoms with Gasteiger partial charge in [0.15, 0.2) is 0 Å². The minimum Gasteiger partial charge on any atom is -0.373 e. The molecule has 1 saturated heterocycles. The second-order valence-electron chi connectivity index (χ2n) is 4.91. The monoisotopic (exact) mass is 307 g/mol. The molecule has 1 fully saturated rings. The number of aryl methyl sites for hydroxylation is 2. The van der Waals surface area contributed by atoms with Crippen LogP contribution < -0.4 is 0 Å². The van der Waals surface area contributed by atoms with Gasteiger partial charge in [-0.3, -0.25) is 4.68 Å². The van der Waals surface area contributed by atoms with Gasteiger partial charge in [-0.15, -0.1) is 0 Å². The number of hydrogen-bond acceptors (Lipinski definition) is 4. The van der Waals surface area contributed by atoms with Gasteiger partial charge in [0.2, 0.25) is 10.0 Å². The first kappa shape index (κ1) is 14.8. The van der Waals surface area contributed by atoms with E-state index in [9.17, 15) is 8.42 Å². The van der Waals surface area contributed by atoms with E-state index >= 15 is 0 Å². The van der Waals surface area contributed by atoms with Gasteiger partial charge in [-0.1, -0.05) is 11.6 Å². The third-order valence-corrected chi connectivity index (χ3v) is 5.61. The van der Waals surface area contributed by atoms with E-state index in [1.54, 1.807) is 14.0 Å². The quantitative estimate of drug-likeness (QED) is 0.823. The Morgan fingerprint density at radius 1 is 1.32 bits per heavy atom. The van der Waals surface area contributed by atoms with Gasteiger partial charge in [-0.05, 0) is 20.8 Å². The third kappa shape index (κ3) is 2.65. The number of nitrogens with zero attached hydrogens (tertiary/aromatic N) is 3. The maximum atomic E-state index is 12.7. The van der Waals surface area contributed by atoms with Crippen LogP contribution in [0.15, 0.2) is 4.90 Å². The summed E-state index contributed by atoms with van der Waals surface area (Å²) in [5.41, 5.74) is 0.416. The van der Waals surface area contributed by atoms with Crippen molar-refractivity contribution in [2.45, 2.75) is 37.9 Å². The van der Waals surface area contributed by atoms with Crippen LogP contribution in [0.3, 0.4) is 0 Å². The fraction of sp³-hybridized carbons (Fsp3) is 0.727. The molecule has 1 aliphatic heterocycles. The molecule has 6 nitrogen and oxygen atoms in total. The Morgan fingerprint density at radius 2 is 1.84 bits per heavy atom. The lowest BCUT2D eigenvalue weighted by molar-refractivity contribution is -0.0440. The van der Waals surface area contributed by atoms with Crippen LogP contribution in [-0.2, 0) is 21.8 Å². The molecule has 108 valence electrons. The Hall–Kier alpha value is -0.630. The number of ether oxygens (including phenoxy) is 1. The van der Waals surface area contributed by atoms with Crippen molar-refractivity contribution >= 4 is 21.6 Å². The minimum atomic E-state index is -3.63. The molecule has 2 heterocycles. The van der Waals surface area contributed by atoms with E-state index < -0.39 is 10.0 Å². The number of hydrogen-bond donors (Lipinski definition) is 0. The molecule has 19 heavy (non-hydrogen) atoms. The van der Waals surface area contributed by atoms with Crippen LogP contribution in [0.1, 0.15) is 19.5 Å². The molecule has 2 rings (SSSR count). The molecule has 0 spiro atoms. The number of sulfonamides is 1. The van der Waals surface area contributed by atoms with Gasteiger partial charge in [-0.2, -0.15) is 9.40 Å². The smallest absolute Gasteiger partial charge is 0.248 e. The summed E-state index contributed by atoms with van der Waals surface area (Å²) in [7, 11) is -2.01. The van der Waals surface area contributed by atoms with Crippen LogP contribution in [0.2, 0.25) is 5.15 Å². The van der Waals surface area contributed by atoms with E-state index in [4.69, 9.17) is 16.3 Å². The highest BCUT2D eigenvalue weighted by Gasteiger charge is 2.36. The van der Waals surface area contributed by atoms with Crippen molar-refractivity contribution in [1.82, 2.24) is 14.1 Å². The van der Waals surface area contributed by atoms with Crippen molar-refractivity contribution in [3.8, 4) is 0 Å². The Kier molecular flexibility index (Phi) is 3.92. The molecule has 2 atom stereocenters. The Morgan fingerprint density at radius 3 is 2.26 bits per heavy atom. The zero-order valence-corrected chi connectivity index (χ0v) is 13.0. The SMILES string of the molecule is Cc1nn(C)c(Cl)c1S(=O)(=O)N1CC(C)OC(C)C1. The molecule has 1 aromatic heterocycles. The van der Waals surface area contributed by atoms with E-state index in [1.807, 2.05) is 13.8 Å². The third-order valence-electron chi connectivity index (χ3n) is 3.08. The fourth-order valence-electron chi connectivity index (χ4n) is 2.36. The lowest BCUT2D eigenvalue weighted by atomic mass is 10.3. The fourth-order valence-corrected chi connectivity index (χ4v) is 4.66. The lowest BCUT2D eigenvalue weighted by Gasteiger charge is -2.34. The summed E-state index contributed by atoms with van der Waals surface area (Å²) in [6, 6.07) is 0. The van der Waals surface area contributed by atoms with Crippen molar-refractivity contribution in [1.29, 1.82) is 0 Å². The van der Waals surface area contributed by atoms with Crippen molar-refractivity contribution < 1.29 is 13.2 Å². The largest absolute Gasteiger partial charge is 0.373 e. The molecule has 0 N–H and O–H groups in total. The summed E-state index contributed by atoms with van der Waals surface area (Å²) < 4.78 is 33.7. The molecular formula is C11H18ClN3O3S. The highest BCUT2D eigenvalue weighted by atomic mass is 35.5. The highest BCUT2D eigenvalue weighted by molar-refractivity contribution is 7.89. The summed E-state index contributed by atoms with van der Waals surface area (Å²) in [4.78, 5) is 0.0953. The Balaban J connectivity index is 2.42. The summed E-state index contributed by atoms with van der Waals surface area (Å²) in [6.45, 7) is 6.02. The van der Waals surface area contributed by atoms with Crippen LogP contribution in [0, 0.1) is 6.92 Å². The van der Waals surface area contributed by atoms with E-state index in [0.717, 1.165) is 0 Å². The molecule has 0 saturated carbocycles. The van der Waals surface area contributed by atoms with Gasteiger partial charge in [0, 0.05) is 20.1 Å². The average Bonchev–Trinajstić information content (AvgIpc) is 2.51. The predicted octanol–water partition coefficient (Wildman–Crippen LogP) is 1.18. The summed E-state index contributed by atoms with van der Waals surface area (Å²) >= 11 is 6.05. The number of rotatable bonds is 2. The Labute approximate surface area is 118 Å². The molecule has 0 aliphatic carbocycles. The molecule has 8 heteroatoms. The first-order valence-electron chi connectivity index (χ1n) is 6.08. The second-order valence-corrected chi connectivity index (χ2v) is 7.14. The maximum Gasteiger partial charge on any atom is 0.248 e. The number of morpholine rings is 1. The zero-order valence-electron chi connectivity index (χ0n) is 11.4. The second kappa shape index (κ2) is 5.05. The standard InChI is InChI=1S/C11H18ClN3O3S/c1-7-5-15(6-8(2)18-7)19(16,17)10-9(3)13-14(4)11(10)12/h7-8H,5-6H2,1-4H3. The van der Waals surface area contributed by atoms with Crippen molar-refractivity contribution in [3.05, 3.63) is 10.8 Å². The summed E-state index contributed by atoms with van der Waals surface area (Å²) in [5.74, 6) is 0.